The minimum atomic E-state index is -0.241. The zero-order chi connectivity index (χ0) is 13.0. The number of nitrogens with one attached hydrogen (secondary N) is 1. The molecule has 0 aliphatic heterocycles. The molecule has 94 valence electrons. The minimum absolute atomic E-state index is 0.155. The van der Waals surface area contributed by atoms with Crippen LogP contribution in [-0.2, 0) is 0 Å². The van der Waals surface area contributed by atoms with E-state index in [1.807, 2.05) is 19.0 Å². The molecule has 1 amide bonds. The molecule has 0 heterocycles. The third kappa shape index (κ3) is 3.82. The van der Waals surface area contributed by atoms with Crippen LogP contribution in [0.3, 0.4) is 0 Å². The van der Waals surface area contributed by atoms with Crippen LogP contribution in [0.2, 0.25) is 0 Å². The fourth-order valence-electron chi connectivity index (χ4n) is 1.57. The van der Waals surface area contributed by atoms with Gasteiger partial charge in [-0.3, -0.25) is 4.79 Å². The van der Waals surface area contributed by atoms with Gasteiger partial charge < -0.3 is 10.2 Å². The summed E-state index contributed by atoms with van der Waals surface area (Å²) < 4.78 is 13.4. The number of hydrogen-bond donors (Lipinski definition) is 1. The van der Waals surface area contributed by atoms with Crippen LogP contribution < -0.4 is 5.32 Å². The quantitative estimate of drug-likeness (QED) is 0.866. The van der Waals surface area contributed by atoms with Gasteiger partial charge in [0, 0.05) is 18.7 Å². The molecule has 4 heteroatoms. The molecular weight excluding hydrogens is 219 g/mol. The lowest BCUT2D eigenvalue weighted by Crippen LogP contribution is -2.31. The highest BCUT2D eigenvalue weighted by Gasteiger charge is 2.10. The molecule has 1 aromatic rings. The molecule has 0 fully saturated rings. The summed E-state index contributed by atoms with van der Waals surface area (Å²) in [5, 5.41) is 2.80. The van der Waals surface area contributed by atoms with Gasteiger partial charge in [-0.15, -0.1) is 0 Å². The van der Waals surface area contributed by atoms with E-state index in [2.05, 4.69) is 5.32 Å². The number of likely N-dealkylation sites (N-methyl/N-ethyl adjacent to an activating group) is 1. The standard InChI is InChI=1S/C13H19FN2O/c1-9-7-11(8-10(2)12(9)14)13(17)15-5-6-16(3)4/h7-8H,5-6H2,1-4H3,(H,15,17). The van der Waals surface area contributed by atoms with E-state index in [-0.39, 0.29) is 11.7 Å². The Bertz CT molecular complexity index is 393. The first kappa shape index (κ1) is 13.6. The molecule has 1 rings (SSSR count). The number of nitrogens with zero attached hydrogens (tertiary/aromatic N) is 1. The van der Waals surface area contributed by atoms with Crippen LogP contribution in [-0.4, -0.2) is 38.0 Å². The first-order valence-corrected chi connectivity index (χ1v) is 5.61. The lowest BCUT2D eigenvalue weighted by Gasteiger charge is -2.11. The molecule has 0 saturated carbocycles. The Morgan fingerprint density at radius 3 is 2.29 bits per heavy atom. The molecule has 3 nitrogen and oxygen atoms in total. The van der Waals surface area contributed by atoms with Crippen LogP contribution in [0, 0.1) is 19.7 Å². The number of hydrogen-bond acceptors (Lipinski definition) is 2. The van der Waals surface area contributed by atoms with E-state index >= 15 is 0 Å². The van der Waals surface area contributed by atoms with E-state index in [4.69, 9.17) is 0 Å². The van der Waals surface area contributed by atoms with Crippen molar-refractivity contribution in [1.29, 1.82) is 0 Å². The first-order valence-electron chi connectivity index (χ1n) is 5.61. The van der Waals surface area contributed by atoms with Gasteiger partial charge in [-0.1, -0.05) is 0 Å². The average molecular weight is 238 g/mol. The normalized spacial score (nSPS) is 10.7. The van der Waals surface area contributed by atoms with Crippen molar-refractivity contribution in [2.75, 3.05) is 27.2 Å². The summed E-state index contributed by atoms with van der Waals surface area (Å²) in [5.74, 6) is -0.395. The fourth-order valence-corrected chi connectivity index (χ4v) is 1.57. The number of carbonyl (C=O) groups excluding carboxylic acids is 1. The number of halogens is 1. The van der Waals surface area contributed by atoms with Gasteiger partial charge in [-0.05, 0) is 51.2 Å². The Morgan fingerprint density at radius 2 is 1.82 bits per heavy atom. The third-order valence-electron chi connectivity index (χ3n) is 2.54. The molecular formula is C13H19FN2O. The van der Waals surface area contributed by atoms with Gasteiger partial charge >= 0.3 is 0 Å². The molecule has 17 heavy (non-hydrogen) atoms. The van der Waals surface area contributed by atoms with E-state index in [9.17, 15) is 9.18 Å². The predicted octanol–water partition coefficient (Wildman–Crippen LogP) is 1.73. The van der Waals surface area contributed by atoms with Gasteiger partial charge in [0.05, 0.1) is 0 Å². The molecule has 0 radical (unpaired) electrons. The number of carbonyl (C=O) groups is 1. The summed E-state index contributed by atoms with van der Waals surface area (Å²) in [6.07, 6.45) is 0. The highest BCUT2D eigenvalue weighted by atomic mass is 19.1. The maximum atomic E-state index is 13.4. The SMILES string of the molecule is Cc1cc(C(=O)NCCN(C)C)cc(C)c1F. The summed E-state index contributed by atoms with van der Waals surface area (Å²) in [7, 11) is 3.89. The second-order valence-corrected chi connectivity index (χ2v) is 4.48. The Kier molecular flexibility index (Phi) is 4.63. The second kappa shape index (κ2) is 5.77. The van der Waals surface area contributed by atoms with E-state index in [1.165, 1.54) is 0 Å². The highest BCUT2D eigenvalue weighted by Crippen LogP contribution is 2.14. The Labute approximate surface area is 102 Å². The van der Waals surface area contributed by atoms with Crippen molar-refractivity contribution in [2.45, 2.75) is 13.8 Å². The smallest absolute Gasteiger partial charge is 0.251 e. The number of amides is 1. The average Bonchev–Trinajstić information content (AvgIpc) is 2.24. The summed E-state index contributed by atoms with van der Waals surface area (Å²) in [4.78, 5) is 13.8. The fraction of sp³-hybridized carbons (Fsp3) is 0.462. The van der Waals surface area contributed by atoms with Crippen LogP contribution in [0.4, 0.5) is 4.39 Å². The maximum absolute atomic E-state index is 13.4. The lowest BCUT2D eigenvalue weighted by molar-refractivity contribution is 0.0951. The van der Waals surface area contributed by atoms with Crippen molar-refractivity contribution >= 4 is 5.91 Å². The van der Waals surface area contributed by atoms with E-state index in [1.54, 1.807) is 26.0 Å². The Balaban J connectivity index is 2.70. The monoisotopic (exact) mass is 238 g/mol. The molecule has 0 aliphatic carbocycles. The van der Waals surface area contributed by atoms with Gasteiger partial charge in [0.2, 0.25) is 0 Å². The van der Waals surface area contributed by atoms with E-state index in [0.717, 1.165) is 6.54 Å². The van der Waals surface area contributed by atoms with Crippen molar-refractivity contribution in [1.82, 2.24) is 10.2 Å². The van der Waals surface area contributed by atoms with Crippen LogP contribution in [0.25, 0.3) is 0 Å². The van der Waals surface area contributed by atoms with Gasteiger partial charge in [0.25, 0.3) is 5.91 Å². The molecule has 0 bridgehead atoms. The van der Waals surface area contributed by atoms with E-state index in [0.29, 0.717) is 23.2 Å². The van der Waals surface area contributed by atoms with Gasteiger partial charge in [0.15, 0.2) is 0 Å². The second-order valence-electron chi connectivity index (χ2n) is 4.48. The van der Waals surface area contributed by atoms with Crippen LogP contribution in [0.15, 0.2) is 12.1 Å². The Morgan fingerprint density at radius 1 is 1.29 bits per heavy atom. The summed E-state index contributed by atoms with van der Waals surface area (Å²) in [5.41, 5.74) is 1.52. The van der Waals surface area contributed by atoms with Crippen LogP contribution >= 0.6 is 0 Å². The van der Waals surface area contributed by atoms with E-state index < -0.39 is 0 Å². The number of benzene rings is 1. The molecule has 0 aromatic heterocycles. The lowest BCUT2D eigenvalue weighted by atomic mass is 10.1. The molecule has 0 spiro atoms. The number of aryl methyl sites for hydroxylation is 2. The van der Waals surface area contributed by atoms with Crippen LogP contribution in [0.1, 0.15) is 21.5 Å². The van der Waals surface area contributed by atoms with Crippen molar-refractivity contribution in [3.63, 3.8) is 0 Å². The number of rotatable bonds is 4. The molecule has 0 atom stereocenters. The zero-order valence-corrected chi connectivity index (χ0v) is 10.8. The summed E-state index contributed by atoms with van der Waals surface area (Å²) >= 11 is 0. The predicted molar refractivity (Wildman–Crippen MR) is 66.8 cm³/mol. The third-order valence-corrected chi connectivity index (χ3v) is 2.54. The van der Waals surface area contributed by atoms with Gasteiger partial charge in [0.1, 0.15) is 5.82 Å². The molecule has 0 aliphatic rings. The maximum Gasteiger partial charge on any atom is 0.251 e. The van der Waals surface area contributed by atoms with Crippen molar-refractivity contribution in [3.8, 4) is 0 Å². The van der Waals surface area contributed by atoms with Gasteiger partial charge in [-0.25, -0.2) is 4.39 Å². The topological polar surface area (TPSA) is 32.3 Å². The summed E-state index contributed by atoms with van der Waals surface area (Å²) in [6, 6.07) is 3.15. The highest BCUT2D eigenvalue weighted by molar-refractivity contribution is 5.94. The molecule has 0 unspecified atom stereocenters. The van der Waals surface area contributed by atoms with Gasteiger partial charge in [-0.2, -0.15) is 0 Å². The largest absolute Gasteiger partial charge is 0.351 e. The van der Waals surface area contributed by atoms with Crippen molar-refractivity contribution in [3.05, 3.63) is 34.6 Å². The Hall–Kier alpha value is -1.42. The van der Waals surface area contributed by atoms with Crippen molar-refractivity contribution < 1.29 is 9.18 Å². The molecule has 1 N–H and O–H groups in total. The first-order chi connectivity index (χ1) is 7.91. The molecule has 0 saturated heterocycles. The van der Waals surface area contributed by atoms with Crippen LogP contribution in [0.5, 0.6) is 0 Å². The van der Waals surface area contributed by atoms with Crippen molar-refractivity contribution in [2.24, 2.45) is 0 Å². The molecule has 1 aromatic carbocycles. The zero-order valence-electron chi connectivity index (χ0n) is 10.8. The minimum Gasteiger partial charge on any atom is -0.351 e. The summed E-state index contributed by atoms with van der Waals surface area (Å²) in [6.45, 7) is 4.70.